The fourth-order valence-corrected chi connectivity index (χ4v) is 9.48. The molecule has 2 aliphatic heterocycles. The first-order chi connectivity index (χ1) is 26.3. The van der Waals surface area contributed by atoms with E-state index in [4.69, 9.17) is 11.6 Å². The van der Waals surface area contributed by atoms with Gasteiger partial charge in [0.25, 0.3) is 0 Å². The smallest absolute Gasteiger partial charge is 0.210 e. The first-order valence-electron chi connectivity index (χ1n) is 19.5. The van der Waals surface area contributed by atoms with Gasteiger partial charge in [-0.25, -0.2) is 0 Å². The number of fused-ring (bicyclic) bond motifs is 4. The van der Waals surface area contributed by atoms with Crippen LogP contribution in [0.1, 0.15) is 55.0 Å². The summed E-state index contributed by atoms with van der Waals surface area (Å²) in [5.41, 5.74) is 11.3. The molecule has 0 aliphatic carbocycles. The molecule has 0 spiro atoms. The van der Waals surface area contributed by atoms with Gasteiger partial charge in [0.15, 0.2) is 5.71 Å². The van der Waals surface area contributed by atoms with Crippen molar-refractivity contribution in [1.29, 1.82) is 0 Å². The van der Waals surface area contributed by atoms with Crippen molar-refractivity contribution >= 4 is 39.5 Å². The fourth-order valence-electron chi connectivity index (χ4n) is 9.31. The average Bonchev–Trinajstić information content (AvgIpc) is 3.54. The van der Waals surface area contributed by atoms with Crippen LogP contribution in [-0.4, -0.2) is 23.9 Å². The van der Waals surface area contributed by atoms with E-state index in [0.717, 1.165) is 37.3 Å². The van der Waals surface area contributed by atoms with Crippen LogP contribution in [-0.2, 0) is 30.1 Å². The summed E-state index contributed by atoms with van der Waals surface area (Å²) in [6, 6.07) is 53.0. The molecular formula is C51H50ClN2+. The summed E-state index contributed by atoms with van der Waals surface area (Å²) in [7, 11) is 2.24. The highest BCUT2D eigenvalue weighted by Crippen LogP contribution is 2.53. The zero-order chi connectivity index (χ0) is 37.3. The monoisotopic (exact) mass is 725 g/mol. The molecule has 6 aromatic carbocycles. The molecule has 0 saturated heterocycles. The van der Waals surface area contributed by atoms with Gasteiger partial charge in [-0.3, -0.25) is 0 Å². The van der Waals surface area contributed by atoms with E-state index in [-0.39, 0.29) is 10.8 Å². The van der Waals surface area contributed by atoms with Gasteiger partial charge in [0.05, 0.1) is 5.41 Å². The maximum atomic E-state index is 6.91. The van der Waals surface area contributed by atoms with Crippen LogP contribution in [0.4, 0.5) is 11.4 Å². The van der Waals surface area contributed by atoms with E-state index in [1.54, 1.807) is 0 Å². The van der Waals surface area contributed by atoms with Crippen LogP contribution in [0.25, 0.3) is 10.8 Å². The standard InChI is InChI=1S/C51H50ClN2/c1-37(2)31-32-54-45-30-28-42(52)33-44(45)51(35-39-19-10-6-11-20-39,36-40-21-12-7-13-22-40)48(54)26-16-25-47-50(3,34-38-17-8-5-9-18-38)49-43-24-15-14-23-41(43)27-29-46(49)53(47)4/h5-30,33,37H,31-32,34-36H2,1-4H3/q+1. The lowest BCUT2D eigenvalue weighted by Gasteiger charge is -2.35. The molecule has 0 saturated carbocycles. The van der Waals surface area contributed by atoms with Crippen LogP contribution in [0, 0.1) is 5.92 Å². The Hall–Kier alpha value is -5.18. The highest BCUT2D eigenvalue weighted by Gasteiger charge is 2.49. The van der Waals surface area contributed by atoms with E-state index >= 15 is 0 Å². The number of allylic oxidation sites excluding steroid dienone is 4. The van der Waals surface area contributed by atoms with E-state index in [0.29, 0.717) is 5.92 Å². The van der Waals surface area contributed by atoms with Gasteiger partial charge < -0.3 is 4.90 Å². The third-order valence-electron chi connectivity index (χ3n) is 11.8. The number of hydrogen-bond acceptors (Lipinski definition) is 1. The van der Waals surface area contributed by atoms with E-state index in [1.807, 2.05) is 0 Å². The largest absolute Gasteiger partial charge is 0.344 e. The predicted molar refractivity (Wildman–Crippen MR) is 230 cm³/mol. The molecule has 2 heterocycles. The van der Waals surface area contributed by atoms with Crippen molar-refractivity contribution in [2.75, 3.05) is 18.5 Å². The number of nitrogens with zero attached hydrogens (tertiary/aromatic N) is 2. The van der Waals surface area contributed by atoms with Crippen molar-refractivity contribution in [1.82, 2.24) is 0 Å². The molecule has 0 bridgehead atoms. The fraction of sp³-hybridized carbons (Fsp3) is 0.235. The maximum absolute atomic E-state index is 6.91. The zero-order valence-electron chi connectivity index (χ0n) is 32.0. The normalized spacial score (nSPS) is 18.3. The lowest BCUT2D eigenvalue weighted by atomic mass is 9.70. The zero-order valence-corrected chi connectivity index (χ0v) is 32.7. The minimum atomic E-state index is -0.330. The van der Waals surface area contributed by atoms with Gasteiger partial charge in [-0.1, -0.05) is 147 Å². The molecule has 3 heteroatoms. The van der Waals surface area contributed by atoms with Crippen molar-refractivity contribution < 1.29 is 4.58 Å². The molecule has 8 rings (SSSR count). The Bertz CT molecular complexity index is 2330. The van der Waals surface area contributed by atoms with Crippen LogP contribution < -0.4 is 4.90 Å². The number of anilines is 1. The second-order valence-corrected chi connectivity index (χ2v) is 16.4. The molecule has 270 valence electrons. The molecule has 2 nitrogen and oxygen atoms in total. The minimum Gasteiger partial charge on any atom is -0.344 e. The van der Waals surface area contributed by atoms with Crippen LogP contribution in [0.5, 0.6) is 0 Å². The molecule has 2 aliphatic rings. The molecule has 54 heavy (non-hydrogen) atoms. The van der Waals surface area contributed by atoms with Crippen LogP contribution in [0.15, 0.2) is 170 Å². The van der Waals surface area contributed by atoms with Gasteiger partial charge in [-0.15, -0.1) is 0 Å². The predicted octanol–water partition coefficient (Wildman–Crippen LogP) is 12.5. The third kappa shape index (κ3) is 6.62. The highest BCUT2D eigenvalue weighted by molar-refractivity contribution is 6.30. The highest BCUT2D eigenvalue weighted by atomic mass is 35.5. The summed E-state index contributed by atoms with van der Waals surface area (Å²) in [5, 5.41) is 3.39. The Balaban J connectivity index is 1.31. The number of hydrogen-bond donors (Lipinski definition) is 0. The second-order valence-electron chi connectivity index (χ2n) is 15.9. The van der Waals surface area contributed by atoms with Gasteiger partial charge in [0.2, 0.25) is 5.69 Å². The van der Waals surface area contributed by atoms with Crippen LogP contribution in [0.3, 0.4) is 0 Å². The molecule has 6 aromatic rings. The summed E-state index contributed by atoms with van der Waals surface area (Å²) >= 11 is 6.91. The van der Waals surface area contributed by atoms with Crippen molar-refractivity contribution in [3.05, 3.63) is 202 Å². The summed E-state index contributed by atoms with van der Waals surface area (Å²) in [6.07, 6.45) is 10.9. The Morgan fingerprint density at radius 1 is 0.704 bits per heavy atom. The third-order valence-corrected chi connectivity index (χ3v) is 12.1. The molecule has 0 aromatic heterocycles. The summed E-state index contributed by atoms with van der Waals surface area (Å²) in [6.45, 7) is 8.03. The van der Waals surface area contributed by atoms with Crippen molar-refractivity contribution in [3.63, 3.8) is 0 Å². The van der Waals surface area contributed by atoms with Gasteiger partial charge in [-0.2, -0.15) is 4.58 Å². The molecule has 0 amide bonds. The Morgan fingerprint density at radius 2 is 1.30 bits per heavy atom. The molecule has 1 unspecified atom stereocenters. The molecular weight excluding hydrogens is 676 g/mol. The van der Waals surface area contributed by atoms with E-state index < -0.39 is 0 Å². The molecule has 1 atom stereocenters. The minimum absolute atomic E-state index is 0.240. The lowest BCUT2D eigenvalue weighted by molar-refractivity contribution is -0.401. The van der Waals surface area contributed by atoms with Crippen molar-refractivity contribution in [2.45, 2.75) is 57.3 Å². The lowest BCUT2D eigenvalue weighted by Crippen LogP contribution is -2.36. The van der Waals surface area contributed by atoms with E-state index in [1.165, 1.54) is 61.4 Å². The number of rotatable bonds is 11. The molecule has 0 radical (unpaired) electrons. The van der Waals surface area contributed by atoms with Crippen LogP contribution >= 0.6 is 11.6 Å². The summed E-state index contributed by atoms with van der Waals surface area (Å²) in [5.74, 6) is 0.575. The Kier molecular flexibility index (Phi) is 9.90. The topological polar surface area (TPSA) is 6.25 Å². The Morgan fingerprint density at radius 3 is 1.93 bits per heavy atom. The molecule has 0 fully saturated rings. The van der Waals surface area contributed by atoms with Gasteiger partial charge in [0, 0.05) is 46.1 Å². The van der Waals surface area contributed by atoms with Gasteiger partial charge >= 0.3 is 0 Å². The van der Waals surface area contributed by atoms with E-state index in [9.17, 15) is 0 Å². The van der Waals surface area contributed by atoms with Gasteiger partial charge in [0.1, 0.15) is 7.05 Å². The van der Waals surface area contributed by atoms with Crippen molar-refractivity contribution in [3.8, 4) is 0 Å². The number of benzene rings is 6. The average molecular weight is 726 g/mol. The summed E-state index contributed by atoms with van der Waals surface area (Å²) < 4.78 is 2.43. The molecule has 0 N–H and O–H groups in total. The quantitative estimate of drug-likeness (QED) is 0.121. The van der Waals surface area contributed by atoms with E-state index in [2.05, 4.69) is 201 Å². The van der Waals surface area contributed by atoms with Crippen LogP contribution in [0.2, 0.25) is 5.02 Å². The van der Waals surface area contributed by atoms with Crippen molar-refractivity contribution in [2.24, 2.45) is 5.92 Å². The SMILES string of the molecule is CC(C)CCN1/C(=C\C=C\C2=[N+](C)c3ccc4ccccc4c3C2(C)Cc2ccccc2)C(Cc2ccccc2)(Cc2ccccc2)c2cc(Cl)ccc21. The second kappa shape index (κ2) is 14.9. The van der Waals surface area contributed by atoms with Gasteiger partial charge in [-0.05, 0) is 102 Å². The summed E-state index contributed by atoms with van der Waals surface area (Å²) in [4.78, 5) is 2.61. The Labute approximate surface area is 326 Å². The first-order valence-corrected chi connectivity index (χ1v) is 19.9. The number of halogens is 1. The maximum Gasteiger partial charge on any atom is 0.210 e. The first kappa shape index (κ1) is 35.8.